The van der Waals surface area contributed by atoms with E-state index in [0.717, 1.165) is 0 Å². The van der Waals surface area contributed by atoms with E-state index < -0.39 is 11.9 Å². The average Bonchev–Trinajstić information content (AvgIpc) is 2.34. The largest absolute Gasteiger partial charge is 0.481 e. The van der Waals surface area contributed by atoms with Crippen molar-refractivity contribution in [1.82, 2.24) is 0 Å². The van der Waals surface area contributed by atoms with Crippen molar-refractivity contribution in [3.63, 3.8) is 0 Å². The Kier molecular flexibility index (Phi) is 10.2. The molecular formula is C13H20O6. The summed E-state index contributed by atoms with van der Waals surface area (Å²) >= 11 is 0. The number of ether oxygens (including phenoxy) is 2. The van der Waals surface area contributed by atoms with Gasteiger partial charge in [-0.15, -0.1) is 0 Å². The SMILES string of the molecule is CC=CC(=O)OCCCOC(=O)CCCCC(=O)O. The summed E-state index contributed by atoms with van der Waals surface area (Å²) in [5.74, 6) is -1.64. The molecule has 0 amide bonds. The Hall–Kier alpha value is -1.85. The lowest BCUT2D eigenvalue weighted by atomic mass is 10.2. The normalized spacial score (nSPS) is 10.4. The lowest BCUT2D eigenvalue weighted by Crippen LogP contribution is -2.09. The minimum Gasteiger partial charge on any atom is -0.481 e. The first-order valence-electron chi connectivity index (χ1n) is 6.23. The van der Waals surface area contributed by atoms with Gasteiger partial charge in [-0.25, -0.2) is 4.79 Å². The van der Waals surface area contributed by atoms with Gasteiger partial charge in [0.25, 0.3) is 0 Å². The van der Waals surface area contributed by atoms with E-state index in [0.29, 0.717) is 19.3 Å². The van der Waals surface area contributed by atoms with Crippen molar-refractivity contribution >= 4 is 17.9 Å². The highest BCUT2D eigenvalue weighted by atomic mass is 16.5. The fraction of sp³-hybridized carbons (Fsp3) is 0.615. The number of unbranched alkanes of at least 4 members (excludes halogenated alkanes) is 1. The molecule has 0 spiro atoms. The van der Waals surface area contributed by atoms with E-state index in [1.165, 1.54) is 6.08 Å². The molecule has 0 aromatic rings. The molecule has 0 bridgehead atoms. The summed E-state index contributed by atoms with van der Waals surface area (Å²) in [6, 6.07) is 0. The molecule has 6 heteroatoms. The molecule has 0 saturated carbocycles. The highest BCUT2D eigenvalue weighted by molar-refractivity contribution is 5.81. The Bertz CT molecular complexity index is 321. The summed E-state index contributed by atoms with van der Waals surface area (Å²) in [5, 5.41) is 8.40. The van der Waals surface area contributed by atoms with Crippen molar-refractivity contribution < 1.29 is 29.0 Å². The van der Waals surface area contributed by atoms with Gasteiger partial charge in [-0.3, -0.25) is 9.59 Å². The topological polar surface area (TPSA) is 89.9 Å². The maximum atomic E-state index is 11.2. The summed E-state index contributed by atoms with van der Waals surface area (Å²) in [6.45, 7) is 2.11. The Labute approximate surface area is 112 Å². The third kappa shape index (κ3) is 12.4. The second-order valence-corrected chi connectivity index (χ2v) is 3.84. The summed E-state index contributed by atoms with van der Waals surface area (Å²) in [7, 11) is 0. The van der Waals surface area contributed by atoms with E-state index in [4.69, 9.17) is 14.6 Å². The molecule has 0 saturated heterocycles. The van der Waals surface area contributed by atoms with Gasteiger partial charge in [0.2, 0.25) is 0 Å². The second-order valence-electron chi connectivity index (χ2n) is 3.84. The van der Waals surface area contributed by atoms with Crippen LogP contribution in [0.25, 0.3) is 0 Å². The van der Waals surface area contributed by atoms with Crippen molar-refractivity contribution in [3.8, 4) is 0 Å². The van der Waals surface area contributed by atoms with E-state index in [1.807, 2.05) is 0 Å². The van der Waals surface area contributed by atoms with E-state index in [9.17, 15) is 14.4 Å². The van der Waals surface area contributed by atoms with Crippen molar-refractivity contribution in [2.45, 2.75) is 39.0 Å². The maximum absolute atomic E-state index is 11.2. The zero-order valence-electron chi connectivity index (χ0n) is 11.1. The Morgan fingerprint density at radius 3 is 2.26 bits per heavy atom. The molecular weight excluding hydrogens is 252 g/mol. The first kappa shape index (κ1) is 17.2. The number of carboxylic acids is 1. The molecule has 0 unspecified atom stereocenters. The fourth-order valence-corrected chi connectivity index (χ4v) is 1.22. The summed E-state index contributed by atoms with van der Waals surface area (Å²) < 4.78 is 9.70. The van der Waals surface area contributed by atoms with Crippen LogP contribution in [0.2, 0.25) is 0 Å². The van der Waals surface area contributed by atoms with Gasteiger partial charge >= 0.3 is 17.9 Å². The summed E-state index contributed by atoms with van der Waals surface area (Å²) in [6.07, 6.45) is 4.59. The lowest BCUT2D eigenvalue weighted by Gasteiger charge is -2.04. The smallest absolute Gasteiger partial charge is 0.330 e. The minimum absolute atomic E-state index is 0.0637. The van der Waals surface area contributed by atoms with Crippen LogP contribution in [-0.2, 0) is 23.9 Å². The number of carbonyl (C=O) groups is 3. The minimum atomic E-state index is -0.865. The number of hydrogen-bond acceptors (Lipinski definition) is 5. The van der Waals surface area contributed by atoms with Crippen LogP contribution in [0.4, 0.5) is 0 Å². The fourth-order valence-electron chi connectivity index (χ4n) is 1.22. The van der Waals surface area contributed by atoms with E-state index in [1.54, 1.807) is 13.0 Å². The zero-order chi connectivity index (χ0) is 14.5. The molecule has 0 rings (SSSR count). The summed E-state index contributed by atoms with van der Waals surface area (Å²) in [4.78, 5) is 32.3. The van der Waals surface area contributed by atoms with Gasteiger partial charge < -0.3 is 14.6 Å². The van der Waals surface area contributed by atoms with E-state index in [-0.39, 0.29) is 32.0 Å². The molecule has 0 aliphatic carbocycles. The van der Waals surface area contributed by atoms with E-state index >= 15 is 0 Å². The van der Waals surface area contributed by atoms with Crippen LogP contribution >= 0.6 is 0 Å². The molecule has 108 valence electrons. The third-order valence-corrected chi connectivity index (χ3v) is 2.12. The molecule has 0 fully saturated rings. The highest BCUT2D eigenvalue weighted by Gasteiger charge is 2.04. The highest BCUT2D eigenvalue weighted by Crippen LogP contribution is 2.01. The van der Waals surface area contributed by atoms with Crippen molar-refractivity contribution in [2.75, 3.05) is 13.2 Å². The number of carboxylic acid groups (broad SMARTS) is 1. The Morgan fingerprint density at radius 2 is 1.63 bits per heavy atom. The van der Waals surface area contributed by atoms with Crippen LogP contribution in [0.1, 0.15) is 39.0 Å². The number of hydrogen-bond donors (Lipinski definition) is 1. The van der Waals surface area contributed by atoms with Crippen molar-refractivity contribution in [1.29, 1.82) is 0 Å². The third-order valence-electron chi connectivity index (χ3n) is 2.12. The van der Waals surface area contributed by atoms with Crippen molar-refractivity contribution in [2.24, 2.45) is 0 Å². The first-order chi connectivity index (χ1) is 9.06. The first-order valence-corrected chi connectivity index (χ1v) is 6.23. The van der Waals surface area contributed by atoms with Gasteiger partial charge in [0.05, 0.1) is 13.2 Å². The molecule has 0 atom stereocenters. The summed E-state index contributed by atoms with van der Waals surface area (Å²) in [5.41, 5.74) is 0. The number of carbonyl (C=O) groups excluding carboxylic acids is 2. The number of esters is 2. The van der Waals surface area contributed by atoms with Crippen LogP contribution in [0.3, 0.4) is 0 Å². The van der Waals surface area contributed by atoms with Crippen LogP contribution < -0.4 is 0 Å². The molecule has 19 heavy (non-hydrogen) atoms. The molecule has 0 aromatic carbocycles. The molecule has 0 aliphatic rings. The second kappa shape index (κ2) is 11.3. The van der Waals surface area contributed by atoms with Gasteiger partial charge in [0.1, 0.15) is 0 Å². The van der Waals surface area contributed by atoms with Gasteiger partial charge in [0, 0.05) is 25.3 Å². The predicted molar refractivity (Wildman–Crippen MR) is 67.5 cm³/mol. The van der Waals surface area contributed by atoms with Crippen LogP contribution in [0, 0.1) is 0 Å². The molecule has 0 radical (unpaired) electrons. The number of aliphatic carboxylic acids is 1. The lowest BCUT2D eigenvalue weighted by molar-refractivity contribution is -0.145. The predicted octanol–water partition coefficient (Wildman–Crippen LogP) is 1.68. The standard InChI is InChI=1S/C13H20O6/c1-2-6-12(16)18-9-5-10-19-13(17)8-4-3-7-11(14)15/h2,6H,3-5,7-10H2,1H3,(H,14,15). The number of allylic oxidation sites excluding steroid dienone is 1. The Morgan fingerprint density at radius 1 is 1.00 bits per heavy atom. The molecule has 0 heterocycles. The van der Waals surface area contributed by atoms with Crippen molar-refractivity contribution in [3.05, 3.63) is 12.2 Å². The van der Waals surface area contributed by atoms with Crippen LogP contribution in [0.15, 0.2) is 12.2 Å². The van der Waals surface area contributed by atoms with E-state index in [2.05, 4.69) is 0 Å². The Balaban J connectivity index is 3.38. The maximum Gasteiger partial charge on any atom is 0.330 e. The molecule has 0 aromatic heterocycles. The van der Waals surface area contributed by atoms with Crippen LogP contribution in [-0.4, -0.2) is 36.2 Å². The molecule has 0 aliphatic heterocycles. The number of rotatable bonds is 10. The van der Waals surface area contributed by atoms with Gasteiger partial charge in [-0.1, -0.05) is 6.08 Å². The van der Waals surface area contributed by atoms with Crippen LogP contribution in [0.5, 0.6) is 0 Å². The monoisotopic (exact) mass is 272 g/mol. The average molecular weight is 272 g/mol. The molecule has 1 N–H and O–H groups in total. The zero-order valence-corrected chi connectivity index (χ0v) is 11.1. The van der Waals surface area contributed by atoms with Gasteiger partial charge in [-0.2, -0.15) is 0 Å². The molecule has 6 nitrogen and oxygen atoms in total. The quantitative estimate of drug-likeness (QED) is 0.370. The van der Waals surface area contributed by atoms with Gasteiger partial charge in [-0.05, 0) is 19.8 Å². The van der Waals surface area contributed by atoms with Gasteiger partial charge in [0.15, 0.2) is 0 Å².